The molecule has 0 fully saturated rings. The van der Waals surface area contributed by atoms with Crippen molar-refractivity contribution in [1.29, 1.82) is 0 Å². The topological polar surface area (TPSA) is 102 Å². The molecule has 0 aliphatic rings. The Morgan fingerprint density at radius 1 is 1.30 bits per heavy atom. The van der Waals surface area contributed by atoms with Crippen LogP contribution >= 0.6 is 35.6 Å². The number of benzene rings is 1. The van der Waals surface area contributed by atoms with Crippen LogP contribution in [0.5, 0.6) is 5.75 Å². The molecule has 148 valence electrons. The smallest absolute Gasteiger partial charge is 0.387 e. The molecule has 1 amide bonds. The summed E-state index contributed by atoms with van der Waals surface area (Å²) in [6.07, 6.45) is 0. The van der Waals surface area contributed by atoms with Gasteiger partial charge in [-0.1, -0.05) is 11.6 Å². The van der Waals surface area contributed by atoms with E-state index in [9.17, 15) is 13.6 Å². The maximum Gasteiger partial charge on any atom is 0.387 e. The number of rotatable bonds is 7. The van der Waals surface area contributed by atoms with E-state index in [1.165, 1.54) is 24.3 Å². The van der Waals surface area contributed by atoms with E-state index in [0.29, 0.717) is 22.3 Å². The average Bonchev–Trinajstić information content (AvgIpc) is 3.06. The van der Waals surface area contributed by atoms with Gasteiger partial charge in [-0.25, -0.2) is 0 Å². The zero-order valence-electron chi connectivity index (χ0n) is 14.2. The van der Waals surface area contributed by atoms with Crippen molar-refractivity contribution in [1.82, 2.24) is 10.6 Å². The van der Waals surface area contributed by atoms with E-state index in [0.717, 1.165) is 0 Å². The predicted molar refractivity (Wildman–Crippen MR) is 108 cm³/mol. The number of halogens is 4. The highest BCUT2D eigenvalue weighted by Gasteiger charge is 2.11. The van der Waals surface area contributed by atoms with Gasteiger partial charge in [-0.15, -0.1) is 24.0 Å². The minimum atomic E-state index is -2.94. The zero-order chi connectivity index (χ0) is 19.1. The lowest BCUT2D eigenvalue weighted by Crippen LogP contribution is -2.36. The summed E-state index contributed by atoms with van der Waals surface area (Å²) in [4.78, 5) is 15.0. The van der Waals surface area contributed by atoms with Gasteiger partial charge in [0.1, 0.15) is 11.5 Å². The number of hydrogen-bond donors (Lipinski definition) is 3. The number of hydrogen-bond acceptors (Lipinski definition) is 4. The van der Waals surface area contributed by atoms with Crippen molar-refractivity contribution >= 4 is 47.4 Å². The molecular weight excluding hydrogens is 497 g/mol. The van der Waals surface area contributed by atoms with Gasteiger partial charge >= 0.3 is 6.61 Å². The second kappa shape index (κ2) is 10.9. The van der Waals surface area contributed by atoms with Crippen LogP contribution in [0.2, 0.25) is 5.02 Å². The number of amides is 1. The molecule has 0 atom stereocenters. The Morgan fingerprint density at radius 2 is 2.00 bits per heavy atom. The van der Waals surface area contributed by atoms with Gasteiger partial charge in [0.25, 0.3) is 5.91 Å². The molecule has 0 saturated heterocycles. The van der Waals surface area contributed by atoms with Gasteiger partial charge < -0.3 is 25.5 Å². The van der Waals surface area contributed by atoms with Crippen molar-refractivity contribution in [3.8, 4) is 5.75 Å². The second-order valence-corrected chi connectivity index (χ2v) is 5.48. The van der Waals surface area contributed by atoms with Gasteiger partial charge in [0.05, 0.1) is 6.54 Å². The summed E-state index contributed by atoms with van der Waals surface area (Å²) in [5, 5.41) is 6.29. The molecule has 0 unspecified atom stereocenters. The summed E-state index contributed by atoms with van der Waals surface area (Å²) >= 11 is 5.90. The van der Waals surface area contributed by atoms with Gasteiger partial charge in [-0.3, -0.25) is 9.79 Å². The van der Waals surface area contributed by atoms with Crippen LogP contribution in [-0.2, 0) is 13.1 Å². The Morgan fingerprint density at radius 3 is 2.59 bits per heavy atom. The SMILES string of the molecule is CN=C(NCc1ccc(C(N)=O)o1)NCc1cc(Cl)ccc1OC(F)F.I. The van der Waals surface area contributed by atoms with E-state index in [4.69, 9.17) is 21.8 Å². The maximum atomic E-state index is 12.5. The van der Waals surface area contributed by atoms with Crippen molar-refractivity contribution < 1.29 is 22.7 Å². The molecule has 1 aromatic heterocycles. The van der Waals surface area contributed by atoms with Gasteiger partial charge in [0.2, 0.25) is 0 Å². The van der Waals surface area contributed by atoms with Crippen LogP contribution in [0, 0.1) is 0 Å². The summed E-state index contributed by atoms with van der Waals surface area (Å²) in [6, 6.07) is 7.42. The van der Waals surface area contributed by atoms with E-state index in [2.05, 4.69) is 20.4 Å². The van der Waals surface area contributed by atoms with E-state index >= 15 is 0 Å². The number of guanidine groups is 1. The monoisotopic (exact) mass is 514 g/mol. The predicted octanol–water partition coefficient (Wildman–Crippen LogP) is 3.12. The zero-order valence-corrected chi connectivity index (χ0v) is 17.3. The van der Waals surface area contributed by atoms with Crippen LogP contribution in [0.15, 0.2) is 39.7 Å². The molecule has 0 aliphatic carbocycles. The first-order chi connectivity index (χ1) is 12.4. The lowest BCUT2D eigenvalue weighted by molar-refractivity contribution is -0.0504. The number of carbonyl (C=O) groups is 1. The van der Waals surface area contributed by atoms with Gasteiger partial charge in [-0.05, 0) is 30.3 Å². The molecule has 4 N–H and O–H groups in total. The fourth-order valence-electron chi connectivity index (χ4n) is 2.07. The van der Waals surface area contributed by atoms with E-state index in [-0.39, 0.29) is 48.6 Å². The first kappa shape index (κ1) is 23.0. The molecule has 1 heterocycles. The van der Waals surface area contributed by atoms with Gasteiger partial charge in [0.15, 0.2) is 11.7 Å². The fraction of sp³-hybridized carbons (Fsp3) is 0.250. The summed E-state index contributed by atoms with van der Waals surface area (Å²) in [5.74, 6) is 0.268. The first-order valence-electron chi connectivity index (χ1n) is 7.45. The molecular formula is C16H18ClF2IN4O3. The van der Waals surface area contributed by atoms with Crippen LogP contribution in [-0.4, -0.2) is 25.5 Å². The molecule has 0 spiro atoms. The lowest BCUT2D eigenvalue weighted by Gasteiger charge is -2.14. The molecule has 0 saturated carbocycles. The molecule has 27 heavy (non-hydrogen) atoms. The third-order valence-corrected chi connectivity index (χ3v) is 3.48. The van der Waals surface area contributed by atoms with Crippen molar-refractivity contribution in [2.45, 2.75) is 19.7 Å². The number of furan rings is 1. The van der Waals surface area contributed by atoms with Crippen molar-refractivity contribution in [3.05, 3.63) is 52.4 Å². The van der Waals surface area contributed by atoms with E-state index in [1.54, 1.807) is 13.1 Å². The number of alkyl halides is 2. The number of nitrogens with one attached hydrogen (secondary N) is 2. The van der Waals surface area contributed by atoms with Crippen LogP contribution in [0.1, 0.15) is 21.9 Å². The molecule has 1 aromatic carbocycles. The molecule has 7 nitrogen and oxygen atoms in total. The van der Waals surface area contributed by atoms with Crippen LogP contribution < -0.4 is 21.1 Å². The standard InChI is InChI=1S/C16H17ClF2N4O3.HI/c1-21-16(23-8-11-3-5-13(25-11)14(20)24)22-7-9-6-10(17)2-4-12(9)26-15(18)19;/h2-6,15H,7-8H2,1H3,(H2,20,24)(H2,21,22,23);1H. The lowest BCUT2D eigenvalue weighted by atomic mass is 10.2. The summed E-state index contributed by atoms with van der Waals surface area (Å²) < 4.78 is 34.7. The molecule has 11 heteroatoms. The van der Waals surface area contributed by atoms with Crippen molar-refractivity contribution in [2.75, 3.05) is 7.05 Å². The number of nitrogens with two attached hydrogens (primary N) is 1. The quantitative estimate of drug-likeness (QED) is 0.299. The number of carbonyl (C=O) groups excluding carboxylic acids is 1. The highest BCUT2D eigenvalue weighted by atomic mass is 127. The Bertz CT molecular complexity index is 802. The van der Waals surface area contributed by atoms with Crippen molar-refractivity contribution in [3.63, 3.8) is 0 Å². The van der Waals surface area contributed by atoms with E-state index in [1.807, 2.05) is 0 Å². The Labute approximate surface area is 176 Å². The minimum Gasteiger partial charge on any atom is -0.454 e. The molecule has 2 rings (SSSR count). The first-order valence-corrected chi connectivity index (χ1v) is 7.83. The summed E-state index contributed by atoms with van der Waals surface area (Å²) in [6.45, 7) is -2.55. The fourth-order valence-corrected chi connectivity index (χ4v) is 2.27. The van der Waals surface area contributed by atoms with Gasteiger partial charge in [-0.2, -0.15) is 8.78 Å². The Balaban J connectivity index is 0.00000364. The van der Waals surface area contributed by atoms with Crippen LogP contribution in [0.4, 0.5) is 8.78 Å². The third-order valence-electron chi connectivity index (χ3n) is 3.24. The largest absolute Gasteiger partial charge is 0.454 e. The highest BCUT2D eigenvalue weighted by molar-refractivity contribution is 14.0. The highest BCUT2D eigenvalue weighted by Crippen LogP contribution is 2.24. The Hall–Kier alpha value is -2.08. The Kier molecular flexibility index (Phi) is 9.29. The number of ether oxygens (including phenoxy) is 1. The second-order valence-electron chi connectivity index (χ2n) is 5.04. The minimum absolute atomic E-state index is 0. The maximum absolute atomic E-state index is 12.5. The summed E-state index contributed by atoms with van der Waals surface area (Å²) in [7, 11) is 1.54. The van der Waals surface area contributed by atoms with Crippen LogP contribution in [0.25, 0.3) is 0 Å². The number of nitrogens with zero attached hydrogens (tertiary/aromatic N) is 1. The summed E-state index contributed by atoms with van der Waals surface area (Å²) in [5.41, 5.74) is 5.56. The van der Waals surface area contributed by atoms with Crippen LogP contribution in [0.3, 0.4) is 0 Å². The average molecular weight is 515 g/mol. The molecule has 2 aromatic rings. The van der Waals surface area contributed by atoms with E-state index < -0.39 is 12.5 Å². The molecule has 0 bridgehead atoms. The molecule has 0 aliphatic heterocycles. The van der Waals surface area contributed by atoms with Gasteiger partial charge in [0, 0.05) is 24.2 Å². The number of primary amides is 1. The normalized spacial score (nSPS) is 11.1. The number of aliphatic imine (C=N–C) groups is 1. The molecule has 0 radical (unpaired) electrons. The van der Waals surface area contributed by atoms with Crippen molar-refractivity contribution in [2.24, 2.45) is 10.7 Å². The third kappa shape index (κ3) is 7.21.